The molecule has 0 aliphatic carbocycles. The summed E-state index contributed by atoms with van der Waals surface area (Å²) in [4.78, 5) is 0. The van der Waals surface area contributed by atoms with Gasteiger partial charge in [0.2, 0.25) is 0 Å². The molecule has 0 bridgehead atoms. The minimum atomic E-state index is 0.476. The third-order valence-electron chi connectivity index (χ3n) is 0.236. The maximum absolute atomic E-state index is 4.59. The second-order valence-corrected chi connectivity index (χ2v) is 0.796. The average molecular weight is 91.2 g/mol. The molecule has 0 aromatic heterocycles. The van der Waals surface area contributed by atoms with Crippen LogP contribution in [0.2, 0.25) is 0 Å². The lowest BCUT2D eigenvalue weighted by Gasteiger charge is -1.85. The molecule has 0 unspecified atom stereocenters. The van der Waals surface area contributed by atoms with Gasteiger partial charge in [0.1, 0.15) is 0 Å². The first-order chi connectivity index (χ1) is 2.41. The summed E-state index contributed by atoms with van der Waals surface area (Å²) in [5, 5.41) is 0. The van der Waals surface area contributed by atoms with Gasteiger partial charge in [-0.1, -0.05) is 0 Å². The fourth-order valence-electron chi connectivity index (χ4n) is 0.0645. The molecule has 1 nitrogen and oxygen atoms in total. The summed E-state index contributed by atoms with van der Waals surface area (Å²) in [6.45, 7) is 3.92. The molecular weight excluding hydrogens is 84.1 g/mol. The molecule has 0 fully saturated rings. The van der Waals surface area contributed by atoms with Crippen molar-refractivity contribution in [1.82, 2.24) is 0 Å². The highest BCUT2D eigenvalue weighted by atomic mass is 32.1. The van der Waals surface area contributed by atoms with Crippen LogP contribution in [0.25, 0.3) is 0 Å². The molecule has 0 N–H and O–H groups in total. The van der Waals surface area contributed by atoms with Crippen LogP contribution in [0.3, 0.4) is 0 Å². The zero-order valence-electron chi connectivity index (χ0n) is 2.98. The first-order valence-corrected chi connectivity index (χ1v) is 2.03. The van der Waals surface area contributed by atoms with Crippen LogP contribution >= 0.6 is 12.6 Å². The topological polar surface area (TPSA) is 9.23 Å². The molecular formula is C3H7OS. The van der Waals surface area contributed by atoms with Crippen LogP contribution < -0.4 is 0 Å². The van der Waals surface area contributed by atoms with E-state index in [9.17, 15) is 0 Å². The van der Waals surface area contributed by atoms with Crippen LogP contribution in [-0.4, -0.2) is 12.5 Å². The quantitative estimate of drug-likeness (QED) is 0.389. The van der Waals surface area contributed by atoms with Crippen molar-refractivity contribution in [2.75, 3.05) is 12.5 Å². The van der Waals surface area contributed by atoms with Gasteiger partial charge < -0.3 is 4.74 Å². The van der Waals surface area contributed by atoms with Crippen LogP contribution in [0.4, 0.5) is 0 Å². The van der Waals surface area contributed by atoms with Crippen LogP contribution in [-0.2, 0) is 4.74 Å². The molecule has 0 atom stereocenters. The highest BCUT2D eigenvalue weighted by Gasteiger charge is 1.64. The molecule has 0 aliphatic rings. The second kappa shape index (κ2) is 4.31. The Balaban J connectivity index is 2.19. The molecule has 0 amide bonds. The average Bonchev–Trinajstić information content (AvgIpc) is 1.41. The smallest absolute Gasteiger partial charge is 0.0892 e. The van der Waals surface area contributed by atoms with Gasteiger partial charge in [-0.15, -0.1) is 0 Å². The molecule has 0 spiro atoms. The van der Waals surface area contributed by atoms with Gasteiger partial charge in [0.25, 0.3) is 0 Å². The van der Waals surface area contributed by atoms with E-state index in [4.69, 9.17) is 0 Å². The molecule has 31 valence electrons. The lowest BCUT2D eigenvalue weighted by atomic mass is 10.9. The van der Waals surface area contributed by atoms with E-state index >= 15 is 0 Å². The summed E-state index contributed by atoms with van der Waals surface area (Å²) < 4.78 is 4.59. The first kappa shape index (κ1) is 5.31. The van der Waals surface area contributed by atoms with E-state index in [1.807, 2.05) is 0 Å². The molecule has 2 heteroatoms. The Labute approximate surface area is 37.7 Å². The van der Waals surface area contributed by atoms with Gasteiger partial charge in [-0.25, -0.2) is 0 Å². The van der Waals surface area contributed by atoms with E-state index in [0.717, 1.165) is 0 Å². The van der Waals surface area contributed by atoms with Crippen LogP contribution in [0.15, 0.2) is 0 Å². The van der Waals surface area contributed by atoms with Gasteiger partial charge in [-0.2, -0.15) is 12.6 Å². The zero-order valence-corrected chi connectivity index (χ0v) is 3.87. The van der Waals surface area contributed by atoms with Gasteiger partial charge in [-0.3, -0.25) is 0 Å². The van der Waals surface area contributed by atoms with Crippen LogP contribution in [0.5, 0.6) is 0 Å². The van der Waals surface area contributed by atoms with Crippen molar-refractivity contribution < 1.29 is 4.74 Å². The third-order valence-corrected chi connectivity index (χ3v) is 0.418. The predicted octanol–water partition coefficient (Wildman–Crippen LogP) is 0.724. The molecule has 0 rings (SSSR count). The normalized spacial score (nSPS) is 8.40. The lowest BCUT2D eigenvalue weighted by Crippen LogP contribution is -1.82. The highest BCUT2D eigenvalue weighted by molar-refractivity contribution is 7.80. The number of thiol groups is 1. The summed E-state index contributed by atoms with van der Waals surface area (Å²) in [5.41, 5.74) is 0. The number of hydrogen-bond donors (Lipinski definition) is 1. The second-order valence-electron chi connectivity index (χ2n) is 0.537. The van der Waals surface area contributed by atoms with Crippen LogP contribution in [0.1, 0.15) is 0 Å². The first-order valence-electron chi connectivity index (χ1n) is 1.39. The van der Waals surface area contributed by atoms with Crippen molar-refractivity contribution in [2.24, 2.45) is 0 Å². The SMILES string of the molecule is [CH2]COCS. The van der Waals surface area contributed by atoms with Gasteiger partial charge >= 0.3 is 0 Å². The minimum absolute atomic E-state index is 0.476. The molecule has 0 aromatic carbocycles. The summed E-state index contributed by atoms with van der Waals surface area (Å²) in [5.74, 6) is 0.476. The van der Waals surface area contributed by atoms with Crippen LogP contribution in [0, 0.1) is 6.92 Å². The fourth-order valence-corrected chi connectivity index (χ4v) is 0.194. The standard InChI is InChI=1S/C3H7OS/c1-2-4-3-5/h5H,1-3H2. The predicted molar refractivity (Wildman–Crippen MR) is 25.2 cm³/mol. The highest BCUT2D eigenvalue weighted by Crippen LogP contribution is 1.72. The molecule has 0 saturated heterocycles. The summed E-state index contributed by atoms with van der Waals surface area (Å²) in [7, 11) is 0. The minimum Gasteiger partial charge on any atom is -0.371 e. The largest absolute Gasteiger partial charge is 0.371 e. The molecule has 0 heterocycles. The maximum atomic E-state index is 4.59. The maximum Gasteiger partial charge on any atom is 0.0892 e. The van der Waals surface area contributed by atoms with E-state index < -0.39 is 0 Å². The van der Waals surface area contributed by atoms with E-state index in [2.05, 4.69) is 24.3 Å². The van der Waals surface area contributed by atoms with E-state index in [1.165, 1.54) is 0 Å². The van der Waals surface area contributed by atoms with Gasteiger partial charge in [0, 0.05) is 6.61 Å². The van der Waals surface area contributed by atoms with Gasteiger partial charge in [0.15, 0.2) is 0 Å². The van der Waals surface area contributed by atoms with Crippen molar-refractivity contribution in [1.29, 1.82) is 0 Å². The Morgan fingerprint density at radius 2 is 2.40 bits per heavy atom. The monoisotopic (exact) mass is 91.0 g/mol. The lowest BCUT2D eigenvalue weighted by molar-refractivity contribution is 0.216. The molecule has 0 aromatic rings. The fraction of sp³-hybridized carbons (Fsp3) is 0.667. The Morgan fingerprint density at radius 1 is 1.80 bits per heavy atom. The van der Waals surface area contributed by atoms with Crippen molar-refractivity contribution in [3.63, 3.8) is 0 Å². The summed E-state index contributed by atoms with van der Waals surface area (Å²) >= 11 is 3.74. The van der Waals surface area contributed by atoms with Crippen molar-refractivity contribution >= 4 is 12.6 Å². The van der Waals surface area contributed by atoms with Crippen molar-refractivity contribution in [3.05, 3.63) is 6.92 Å². The van der Waals surface area contributed by atoms with Crippen molar-refractivity contribution in [3.8, 4) is 0 Å². The molecule has 0 aliphatic heterocycles. The Hall–Kier alpha value is 0.310. The summed E-state index contributed by atoms with van der Waals surface area (Å²) in [6, 6.07) is 0. The Morgan fingerprint density at radius 3 is 2.40 bits per heavy atom. The Kier molecular flexibility index (Phi) is 4.58. The number of rotatable bonds is 2. The molecule has 5 heavy (non-hydrogen) atoms. The van der Waals surface area contributed by atoms with E-state index in [-0.39, 0.29) is 0 Å². The van der Waals surface area contributed by atoms with Gasteiger partial charge in [0.05, 0.1) is 5.94 Å². The molecule has 0 saturated carbocycles. The van der Waals surface area contributed by atoms with Gasteiger partial charge in [-0.05, 0) is 6.92 Å². The van der Waals surface area contributed by atoms with E-state index in [0.29, 0.717) is 12.5 Å². The summed E-state index contributed by atoms with van der Waals surface area (Å²) in [6.07, 6.45) is 0. The third kappa shape index (κ3) is 4.31. The number of hydrogen-bond acceptors (Lipinski definition) is 2. The molecule has 1 radical (unpaired) electrons. The van der Waals surface area contributed by atoms with Crippen molar-refractivity contribution in [2.45, 2.75) is 0 Å². The van der Waals surface area contributed by atoms with E-state index in [1.54, 1.807) is 0 Å². The Bertz CT molecular complexity index is 14.4. The zero-order chi connectivity index (χ0) is 4.12. The number of ether oxygens (including phenoxy) is 1.